The molecule has 1 atom stereocenters. The van der Waals surface area contributed by atoms with Crippen LogP contribution in [-0.4, -0.2) is 55.0 Å². The Morgan fingerprint density at radius 1 is 1.15 bits per heavy atom. The molecule has 1 aromatic heterocycles. The number of methoxy groups -OCH3 is 1. The van der Waals surface area contributed by atoms with E-state index in [1.54, 1.807) is 23.3 Å². The third kappa shape index (κ3) is 6.28. The summed E-state index contributed by atoms with van der Waals surface area (Å²) >= 11 is 1.72. The van der Waals surface area contributed by atoms with E-state index in [4.69, 9.17) is 9.47 Å². The molecule has 2 heterocycles. The summed E-state index contributed by atoms with van der Waals surface area (Å²) in [6.07, 6.45) is 1.70. The van der Waals surface area contributed by atoms with Crippen LogP contribution in [0.25, 0.3) is 0 Å². The second-order valence-corrected chi connectivity index (χ2v) is 10.2. The summed E-state index contributed by atoms with van der Waals surface area (Å²) in [5, 5.41) is 2.08. The second-order valence-electron chi connectivity index (χ2n) is 9.21. The zero-order chi connectivity index (χ0) is 24.0. The van der Waals surface area contributed by atoms with Crippen molar-refractivity contribution in [1.29, 1.82) is 0 Å². The van der Waals surface area contributed by atoms with Crippen molar-refractivity contribution in [3.63, 3.8) is 0 Å². The Morgan fingerprint density at radius 2 is 1.88 bits per heavy atom. The van der Waals surface area contributed by atoms with Gasteiger partial charge in [0.05, 0.1) is 19.7 Å². The van der Waals surface area contributed by atoms with Gasteiger partial charge in [-0.05, 0) is 47.9 Å². The van der Waals surface area contributed by atoms with Gasteiger partial charge < -0.3 is 19.3 Å². The number of amides is 2. The van der Waals surface area contributed by atoms with E-state index in [-0.39, 0.29) is 30.3 Å². The zero-order valence-electron chi connectivity index (χ0n) is 20.4. The van der Waals surface area contributed by atoms with E-state index in [0.717, 1.165) is 18.4 Å². The van der Waals surface area contributed by atoms with Gasteiger partial charge >= 0.3 is 0 Å². The number of carbonyl (C=O) groups excluding carboxylic acids is 2. The van der Waals surface area contributed by atoms with Gasteiger partial charge in [-0.3, -0.25) is 9.59 Å². The molecular formula is C26H36N2O4S. The first kappa shape index (κ1) is 25.1. The summed E-state index contributed by atoms with van der Waals surface area (Å²) in [7, 11) is 1.62. The fourth-order valence-corrected chi connectivity index (χ4v) is 5.01. The van der Waals surface area contributed by atoms with Gasteiger partial charge in [-0.2, -0.15) is 0 Å². The molecule has 0 saturated carbocycles. The summed E-state index contributed by atoms with van der Waals surface area (Å²) in [5.41, 5.74) is 1.14. The van der Waals surface area contributed by atoms with E-state index in [1.807, 2.05) is 43.0 Å². The molecule has 33 heavy (non-hydrogen) atoms. The molecule has 0 saturated heterocycles. The van der Waals surface area contributed by atoms with Crippen molar-refractivity contribution in [2.45, 2.75) is 46.6 Å². The molecule has 3 rings (SSSR count). The second kappa shape index (κ2) is 11.5. The van der Waals surface area contributed by atoms with E-state index < -0.39 is 0 Å². The summed E-state index contributed by atoms with van der Waals surface area (Å²) in [6, 6.07) is 9.43. The lowest BCUT2D eigenvalue weighted by Gasteiger charge is -2.37. The smallest absolute Gasteiger partial charge is 0.242 e. The van der Waals surface area contributed by atoms with Crippen LogP contribution in [0.3, 0.4) is 0 Å². The molecule has 1 aliphatic heterocycles. The number of hydrogen-bond donors (Lipinski definition) is 0. The fraction of sp³-hybridized carbons (Fsp3) is 0.538. The van der Waals surface area contributed by atoms with Crippen LogP contribution in [0.15, 0.2) is 35.7 Å². The molecule has 0 spiro atoms. The summed E-state index contributed by atoms with van der Waals surface area (Å²) in [5.74, 6) is 1.65. The average Bonchev–Trinajstić information content (AvgIpc) is 3.28. The van der Waals surface area contributed by atoms with Crippen molar-refractivity contribution in [3.8, 4) is 11.5 Å². The number of benzene rings is 1. The Morgan fingerprint density at radius 3 is 2.55 bits per heavy atom. The monoisotopic (exact) mass is 472 g/mol. The molecule has 0 aliphatic carbocycles. The van der Waals surface area contributed by atoms with Crippen LogP contribution < -0.4 is 9.47 Å². The Hall–Kier alpha value is -2.54. The minimum absolute atomic E-state index is 0.0269. The Kier molecular flexibility index (Phi) is 8.78. The van der Waals surface area contributed by atoms with Crippen molar-refractivity contribution >= 4 is 23.2 Å². The fourth-order valence-electron chi connectivity index (χ4n) is 4.08. The van der Waals surface area contributed by atoms with Gasteiger partial charge in [0.15, 0.2) is 11.5 Å². The highest BCUT2D eigenvalue weighted by Gasteiger charge is 2.34. The van der Waals surface area contributed by atoms with E-state index >= 15 is 0 Å². The first-order chi connectivity index (χ1) is 15.8. The molecule has 2 aromatic rings. The molecule has 1 aromatic carbocycles. The van der Waals surface area contributed by atoms with Crippen molar-refractivity contribution in [1.82, 2.24) is 9.80 Å². The van der Waals surface area contributed by atoms with Crippen LogP contribution in [-0.2, 0) is 16.0 Å². The van der Waals surface area contributed by atoms with Crippen LogP contribution in [0.5, 0.6) is 11.5 Å². The first-order valence-electron chi connectivity index (χ1n) is 11.7. The average molecular weight is 473 g/mol. The van der Waals surface area contributed by atoms with Gasteiger partial charge in [-0.15, -0.1) is 11.3 Å². The predicted molar refractivity (Wildman–Crippen MR) is 132 cm³/mol. The molecule has 2 amide bonds. The van der Waals surface area contributed by atoms with Gasteiger partial charge in [0.25, 0.3) is 0 Å². The lowest BCUT2D eigenvalue weighted by molar-refractivity contribution is -0.144. The number of thiophene rings is 1. The van der Waals surface area contributed by atoms with Crippen molar-refractivity contribution in [3.05, 3.63) is 46.2 Å². The van der Waals surface area contributed by atoms with E-state index in [1.165, 1.54) is 4.88 Å². The highest BCUT2D eigenvalue weighted by molar-refractivity contribution is 7.10. The Balaban J connectivity index is 1.78. The number of hydrogen-bond acceptors (Lipinski definition) is 5. The van der Waals surface area contributed by atoms with Crippen LogP contribution in [0.1, 0.15) is 50.6 Å². The maximum absolute atomic E-state index is 13.5. The molecule has 7 heteroatoms. The number of para-hydroxylation sites is 2. The van der Waals surface area contributed by atoms with Crippen LogP contribution in [0.4, 0.5) is 0 Å². The number of nitrogens with zero attached hydrogens (tertiary/aromatic N) is 2. The minimum atomic E-state index is -0.196. The molecule has 0 N–H and O–H groups in total. The van der Waals surface area contributed by atoms with Gasteiger partial charge in [0.2, 0.25) is 11.8 Å². The van der Waals surface area contributed by atoms with Crippen LogP contribution in [0, 0.1) is 11.8 Å². The van der Waals surface area contributed by atoms with Crippen molar-refractivity contribution in [2.24, 2.45) is 11.8 Å². The normalized spacial score (nSPS) is 15.5. The largest absolute Gasteiger partial charge is 0.493 e. The third-order valence-electron chi connectivity index (χ3n) is 5.99. The highest BCUT2D eigenvalue weighted by Crippen LogP contribution is 2.35. The standard InChI is InChI=1S/C26H36N2O4S/c1-18(2)10-13-27(26(30)19(3)4)16-25(29)28-14-11-24-20(12-15-33-24)21(28)17-32-23-9-7-6-8-22(23)31-5/h6-9,12,15,18-19,21H,10-11,13-14,16-17H2,1-5H3. The molecule has 0 radical (unpaired) electrons. The predicted octanol–water partition coefficient (Wildman–Crippen LogP) is 4.79. The van der Waals surface area contributed by atoms with Gasteiger partial charge in [0.1, 0.15) is 6.61 Å². The molecular weight excluding hydrogens is 436 g/mol. The lowest BCUT2D eigenvalue weighted by Crippen LogP contribution is -2.48. The van der Waals surface area contributed by atoms with Crippen LogP contribution in [0.2, 0.25) is 0 Å². The maximum atomic E-state index is 13.5. The highest BCUT2D eigenvalue weighted by atomic mass is 32.1. The number of fused-ring (bicyclic) bond motifs is 1. The molecule has 180 valence electrons. The number of carbonyl (C=O) groups is 2. The number of rotatable bonds is 10. The van der Waals surface area contributed by atoms with Crippen molar-refractivity contribution in [2.75, 3.05) is 33.4 Å². The molecule has 0 bridgehead atoms. The quantitative estimate of drug-likeness (QED) is 0.499. The number of ether oxygens (including phenoxy) is 2. The van der Waals surface area contributed by atoms with E-state index in [2.05, 4.69) is 25.3 Å². The van der Waals surface area contributed by atoms with E-state index in [9.17, 15) is 9.59 Å². The first-order valence-corrected chi connectivity index (χ1v) is 12.6. The maximum Gasteiger partial charge on any atom is 0.242 e. The lowest BCUT2D eigenvalue weighted by atomic mass is 10.00. The Labute approximate surface area is 201 Å². The van der Waals surface area contributed by atoms with E-state index in [0.29, 0.717) is 37.1 Å². The van der Waals surface area contributed by atoms with Crippen molar-refractivity contribution < 1.29 is 19.1 Å². The topological polar surface area (TPSA) is 59.1 Å². The van der Waals surface area contributed by atoms with Crippen LogP contribution >= 0.6 is 11.3 Å². The molecule has 6 nitrogen and oxygen atoms in total. The van der Waals surface area contributed by atoms with Gasteiger partial charge in [-0.1, -0.05) is 39.8 Å². The van der Waals surface area contributed by atoms with Gasteiger partial charge in [-0.25, -0.2) is 0 Å². The SMILES string of the molecule is COc1ccccc1OCC1c2ccsc2CCN1C(=O)CN(CCC(C)C)C(=O)C(C)C. The molecule has 0 fully saturated rings. The summed E-state index contributed by atoms with van der Waals surface area (Å²) in [6.45, 7) is 9.70. The minimum Gasteiger partial charge on any atom is -0.493 e. The van der Waals surface area contributed by atoms with Gasteiger partial charge in [0, 0.05) is 23.9 Å². The Bertz CT molecular complexity index is 940. The summed E-state index contributed by atoms with van der Waals surface area (Å²) < 4.78 is 11.6. The molecule has 1 aliphatic rings. The zero-order valence-corrected chi connectivity index (χ0v) is 21.2. The third-order valence-corrected chi connectivity index (χ3v) is 6.99. The summed E-state index contributed by atoms with van der Waals surface area (Å²) in [4.78, 5) is 31.2. The molecule has 1 unspecified atom stereocenters.